The maximum atomic E-state index is 12.3. The number of nitrogens with zero attached hydrogens (tertiary/aromatic N) is 2. The number of hydrogen-bond donors (Lipinski definition) is 1. The molecular weight excluding hydrogens is 434 g/mol. The van der Waals surface area contributed by atoms with Crippen molar-refractivity contribution in [1.29, 1.82) is 0 Å². The number of carbonyl (C=O) groups excluding carboxylic acids is 1. The molecule has 2 aromatic carbocycles. The van der Waals surface area contributed by atoms with Gasteiger partial charge in [0.05, 0.1) is 10.6 Å². The number of benzene rings is 2. The standard InChI is InChI=1S/C19H18ClN3O4S2/c1-12-9-14(5-8-16(12)20)27-10-18-21-19(23-22-18)28-11-17(24)13-3-6-15(7-4-13)29(2,25)26/h3-9H,10-11H2,1-2H3,(H,21,22,23). The van der Waals surface area contributed by atoms with Crippen molar-refractivity contribution in [2.75, 3.05) is 12.0 Å². The van der Waals surface area contributed by atoms with Crippen molar-refractivity contribution in [3.8, 4) is 5.75 Å². The number of Topliss-reactive ketones (excluding diaryl/α,β-unsaturated/α-hetero) is 1. The predicted octanol–water partition coefficient (Wildman–Crippen LogP) is 3.72. The molecule has 0 amide bonds. The number of nitrogens with one attached hydrogen (secondary N) is 1. The number of aromatic nitrogens is 3. The molecule has 0 radical (unpaired) electrons. The van der Waals surface area contributed by atoms with E-state index in [1.54, 1.807) is 12.1 Å². The highest BCUT2D eigenvalue weighted by Gasteiger charge is 2.12. The number of ether oxygens (including phenoxy) is 1. The first-order valence-electron chi connectivity index (χ1n) is 8.49. The first-order valence-corrected chi connectivity index (χ1v) is 11.7. The van der Waals surface area contributed by atoms with Crippen LogP contribution in [0.1, 0.15) is 21.7 Å². The molecule has 0 atom stereocenters. The Morgan fingerprint density at radius 3 is 2.59 bits per heavy atom. The minimum absolute atomic E-state index is 0.132. The summed E-state index contributed by atoms with van der Waals surface area (Å²) in [4.78, 5) is 16.8. The van der Waals surface area contributed by atoms with E-state index >= 15 is 0 Å². The molecule has 1 N–H and O–H groups in total. The van der Waals surface area contributed by atoms with E-state index < -0.39 is 9.84 Å². The number of thioether (sulfide) groups is 1. The summed E-state index contributed by atoms with van der Waals surface area (Å²) in [5.74, 6) is 1.19. The zero-order valence-electron chi connectivity index (χ0n) is 15.7. The monoisotopic (exact) mass is 451 g/mol. The predicted molar refractivity (Wildman–Crippen MR) is 112 cm³/mol. The molecule has 29 heavy (non-hydrogen) atoms. The maximum Gasteiger partial charge on any atom is 0.208 e. The molecule has 10 heteroatoms. The Kier molecular flexibility index (Phi) is 6.61. The number of aryl methyl sites for hydroxylation is 1. The average Bonchev–Trinajstić information content (AvgIpc) is 3.14. The summed E-state index contributed by atoms with van der Waals surface area (Å²) in [6.07, 6.45) is 1.12. The molecule has 152 valence electrons. The summed E-state index contributed by atoms with van der Waals surface area (Å²) < 4.78 is 28.6. The summed E-state index contributed by atoms with van der Waals surface area (Å²) in [5.41, 5.74) is 1.35. The molecule has 0 aliphatic heterocycles. The maximum absolute atomic E-state index is 12.3. The first kappa shape index (κ1) is 21.4. The number of sulfone groups is 1. The summed E-state index contributed by atoms with van der Waals surface area (Å²) in [7, 11) is -3.29. The minimum Gasteiger partial charge on any atom is -0.486 e. The van der Waals surface area contributed by atoms with Gasteiger partial charge in [0, 0.05) is 16.8 Å². The average molecular weight is 452 g/mol. The molecule has 1 aromatic heterocycles. The highest BCUT2D eigenvalue weighted by atomic mass is 35.5. The Labute approximate surface area is 177 Å². The SMILES string of the molecule is Cc1cc(OCc2nc(SCC(=O)c3ccc(S(C)(=O)=O)cc3)n[nH]2)ccc1Cl. The summed E-state index contributed by atoms with van der Waals surface area (Å²) in [5, 5.41) is 7.95. The van der Waals surface area contributed by atoms with Crippen LogP contribution in [-0.2, 0) is 16.4 Å². The number of halogens is 1. The largest absolute Gasteiger partial charge is 0.486 e. The number of rotatable bonds is 8. The second-order valence-electron chi connectivity index (χ2n) is 6.27. The molecule has 0 spiro atoms. The van der Waals surface area contributed by atoms with Crippen LogP contribution < -0.4 is 4.74 Å². The molecule has 0 unspecified atom stereocenters. The second-order valence-corrected chi connectivity index (χ2v) is 9.64. The molecule has 0 saturated heterocycles. The lowest BCUT2D eigenvalue weighted by molar-refractivity contribution is 0.102. The Morgan fingerprint density at radius 2 is 1.93 bits per heavy atom. The van der Waals surface area contributed by atoms with Crippen molar-refractivity contribution < 1.29 is 17.9 Å². The van der Waals surface area contributed by atoms with Crippen LogP contribution in [0.2, 0.25) is 5.02 Å². The van der Waals surface area contributed by atoms with Crippen molar-refractivity contribution in [3.63, 3.8) is 0 Å². The van der Waals surface area contributed by atoms with Crippen LogP contribution in [-0.4, -0.2) is 41.4 Å². The van der Waals surface area contributed by atoms with Crippen molar-refractivity contribution in [1.82, 2.24) is 15.2 Å². The summed E-state index contributed by atoms with van der Waals surface area (Å²) in [6.45, 7) is 2.10. The zero-order valence-corrected chi connectivity index (χ0v) is 18.1. The van der Waals surface area contributed by atoms with Gasteiger partial charge in [0.25, 0.3) is 0 Å². The van der Waals surface area contributed by atoms with E-state index in [2.05, 4.69) is 15.2 Å². The van der Waals surface area contributed by atoms with Gasteiger partial charge in [0.15, 0.2) is 21.4 Å². The van der Waals surface area contributed by atoms with Crippen LogP contribution in [0.15, 0.2) is 52.5 Å². The first-order chi connectivity index (χ1) is 13.7. The Hall–Kier alpha value is -2.36. The van der Waals surface area contributed by atoms with Gasteiger partial charge in [-0.1, -0.05) is 35.5 Å². The number of ketones is 1. The van der Waals surface area contributed by atoms with Crippen LogP contribution >= 0.6 is 23.4 Å². The molecule has 0 aliphatic rings. The molecule has 0 saturated carbocycles. The second kappa shape index (κ2) is 8.98. The van der Waals surface area contributed by atoms with E-state index in [0.29, 0.717) is 27.3 Å². The van der Waals surface area contributed by atoms with Crippen molar-refractivity contribution in [2.45, 2.75) is 23.6 Å². The lowest BCUT2D eigenvalue weighted by Gasteiger charge is -2.05. The van der Waals surface area contributed by atoms with E-state index in [1.165, 1.54) is 36.0 Å². The topological polar surface area (TPSA) is 102 Å². The molecule has 3 rings (SSSR count). The van der Waals surface area contributed by atoms with Crippen LogP contribution in [0.5, 0.6) is 5.75 Å². The van der Waals surface area contributed by atoms with Gasteiger partial charge in [-0.3, -0.25) is 9.89 Å². The number of aromatic amines is 1. The number of H-pyrrole nitrogens is 1. The van der Waals surface area contributed by atoms with Gasteiger partial charge in [-0.05, 0) is 42.8 Å². The Morgan fingerprint density at radius 1 is 1.21 bits per heavy atom. The van der Waals surface area contributed by atoms with E-state index in [1.807, 2.05) is 13.0 Å². The summed E-state index contributed by atoms with van der Waals surface area (Å²) in [6, 6.07) is 11.2. The molecule has 1 heterocycles. The number of hydrogen-bond acceptors (Lipinski definition) is 7. The van der Waals surface area contributed by atoms with Crippen LogP contribution in [0, 0.1) is 6.92 Å². The minimum atomic E-state index is -3.29. The summed E-state index contributed by atoms with van der Waals surface area (Å²) >= 11 is 7.18. The third-order valence-corrected chi connectivity index (χ3v) is 6.35. The van der Waals surface area contributed by atoms with Gasteiger partial charge >= 0.3 is 0 Å². The highest BCUT2D eigenvalue weighted by Crippen LogP contribution is 2.22. The lowest BCUT2D eigenvalue weighted by Crippen LogP contribution is -2.04. The Bertz CT molecular complexity index is 1130. The molecular formula is C19H18ClN3O4S2. The van der Waals surface area contributed by atoms with Crippen molar-refractivity contribution in [3.05, 3.63) is 64.4 Å². The van der Waals surface area contributed by atoms with Crippen molar-refractivity contribution in [2.24, 2.45) is 0 Å². The van der Waals surface area contributed by atoms with Gasteiger partial charge in [0.1, 0.15) is 12.4 Å². The van der Waals surface area contributed by atoms with Crippen LogP contribution in [0.3, 0.4) is 0 Å². The van der Waals surface area contributed by atoms with Crippen LogP contribution in [0.4, 0.5) is 0 Å². The molecule has 3 aromatic rings. The lowest BCUT2D eigenvalue weighted by atomic mass is 10.1. The molecule has 0 fully saturated rings. The third kappa shape index (κ3) is 5.81. The molecule has 0 bridgehead atoms. The van der Waals surface area contributed by atoms with Crippen LogP contribution in [0.25, 0.3) is 0 Å². The van der Waals surface area contributed by atoms with Gasteiger partial charge in [-0.2, -0.15) is 0 Å². The molecule has 7 nitrogen and oxygen atoms in total. The fraction of sp³-hybridized carbons (Fsp3) is 0.211. The highest BCUT2D eigenvalue weighted by molar-refractivity contribution is 7.99. The van der Waals surface area contributed by atoms with Gasteiger partial charge < -0.3 is 4.74 Å². The Balaban J connectivity index is 1.53. The smallest absolute Gasteiger partial charge is 0.208 e. The molecule has 0 aliphatic carbocycles. The third-order valence-electron chi connectivity index (χ3n) is 3.95. The van der Waals surface area contributed by atoms with Gasteiger partial charge in [-0.15, -0.1) is 5.10 Å². The van der Waals surface area contributed by atoms with Crippen molar-refractivity contribution >= 4 is 39.0 Å². The quantitative estimate of drug-likeness (QED) is 0.411. The van der Waals surface area contributed by atoms with Gasteiger partial charge in [-0.25, -0.2) is 13.4 Å². The number of carbonyl (C=O) groups is 1. The normalized spacial score (nSPS) is 11.4. The fourth-order valence-corrected chi connectivity index (χ4v) is 3.83. The van der Waals surface area contributed by atoms with E-state index in [0.717, 1.165) is 11.8 Å². The van der Waals surface area contributed by atoms with E-state index in [-0.39, 0.29) is 23.0 Å². The van der Waals surface area contributed by atoms with Gasteiger partial charge in [0.2, 0.25) is 5.16 Å². The van der Waals surface area contributed by atoms with E-state index in [4.69, 9.17) is 16.3 Å². The fourth-order valence-electron chi connectivity index (χ4n) is 2.37. The van der Waals surface area contributed by atoms with E-state index in [9.17, 15) is 13.2 Å². The zero-order chi connectivity index (χ0) is 21.0.